The molecule has 1 aromatic heterocycles. The van der Waals surface area contributed by atoms with E-state index in [4.69, 9.17) is 4.74 Å². The molecule has 2 nitrogen and oxygen atoms in total. The highest BCUT2D eigenvalue weighted by Crippen LogP contribution is 2.29. The summed E-state index contributed by atoms with van der Waals surface area (Å²) in [5, 5.41) is 3.48. The molecule has 1 saturated heterocycles. The summed E-state index contributed by atoms with van der Waals surface area (Å²) >= 11 is 1.84. The van der Waals surface area contributed by atoms with Gasteiger partial charge >= 0.3 is 0 Å². The highest BCUT2D eigenvalue weighted by molar-refractivity contribution is 7.12. The summed E-state index contributed by atoms with van der Waals surface area (Å²) in [6.45, 7) is 9.42. The molecule has 0 aromatic carbocycles. The van der Waals surface area contributed by atoms with Crippen molar-refractivity contribution in [2.24, 2.45) is 5.41 Å². The molecule has 0 bridgehead atoms. The summed E-state index contributed by atoms with van der Waals surface area (Å²) in [5.41, 5.74) is 0.251. The molecule has 0 saturated carbocycles. The Balaban J connectivity index is 2.05. The summed E-state index contributed by atoms with van der Waals surface area (Å²) in [6.07, 6.45) is 0.241. The zero-order chi connectivity index (χ0) is 10.9. The second kappa shape index (κ2) is 4.24. The average molecular weight is 225 g/mol. The van der Waals surface area contributed by atoms with Crippen molar-refractivity contribution in [2.45, 2.75) is 26.9 Å². The Labute approximate surface area is 95.6 Å². The number of hydrogen-bond donors (Lipinski definition) is 1. The Hall–Kier alpha value is -0.380. The predicted molar refractivity (Wildman–Crippen MR) is 64.4 cm³/mol. The maximum absolute atomic E-state index is 5.97. The van der Waals surface area contributed by atoms with Crippen LogP contribution in [0.25, 0.3) is 0 Å². The highest BCUT2D eigenvalue weighted by atomic mass is 32.1. The number of ether oxygens (including phenoxy) is 1. The zero-order valence-corrected chi connectivity index (χ0v) is 10.5. The van der Waals surface area contributed by atoms with Crippen molar-refractivity contribution >= 4 is 11.3 Å². The van der Waals surface area contributed by atoms with Crippen LogP contribution in [0, 0.1) is 12.3 Å². The molecule has 1 fully saturated rings. The summed E-state index contributed by atoms with van der Waals surface area (Å²) in [7, 11) is 0. The van der Waals surface area contributed by atoms with Gasteiger partial charge in [0.2, 0.25) is 0 Å². The topological polar surface area (TPSA) is 21.3 Å². The smallest absolute Gasteiger partial charge is 0.104 e. The number of nitrogens with one attached hydrogen (secondary N) is 1. The van der Waals surface area contributed by atoms with Crippen molar-refractivity contribution in [3.63, 3.8) is 0 Å². The molecule has 0 spiro atoms. The summed E-state index contributed by atoms with van der Waals surface area (Å²) < 4.78 is 5.97. The van der Waals surface area contributed by atoms with E-state index in [2.05, 4.69) is 38.2 Å². The number of rotatable bonds is 1. The van der Waals surface area contributed by atoms with E-state index in [1.54, 1.807) is 0 Å². The predicted octanol–water partition coefficient (Wildman–Crippen LogP) is 2.74. The first kappa shape index (κ1) is 11.1. The first-order valence-corrected chi connectivity index (χ1v) is 6.27. The van der Waals surface area contributed by atoms with Crippen LogP contribution in [0.3, 0.4) is 0 Å². The molecule has 84 valence electrons. The van der Waals surface area contributed by atoms with E-state index in [1.165, 1.54) is 9.75 Å². The maximum atomic E-state index is 5.97. The summed E-state index contributed by atoms with van der Waals surface area (Å²) in [6, 6.07) is 4.35. The standard InChI is InChI=1S/C12H19NOS/c1-9-4-5-11(15-9)10-6-13-7-12(2,3)8-14-10/h4-5,10,13H,6-8H2,1-3H3. The van der Waals surface area contributed by atoms with Gasteiger partial charge in [-0.15, -0.1) is 11.3 Å². The third kappa shape index (κ3) is 2.80. The van der Waals surface area contributed by atoms with Crippen LogP contribution < -0.4 is 5.32 Å². The minimum absolute atomic E-state index is 0.241. The molecule has 1 atom stereocenters. The lowest BCUT2D eigenvalue weighted by Gasteiger charge is -2.21. The van der Waals surface area contributed by atoms with Gasteiger partial charge in [-0.2, -0.15) is 0 Å². The van der Waals surface area contributed by atoms with Crippen LogP contribution in [-0.2, 0) is 4.74 Å². The van der Waals surface area contributed by atoms with Gasteiger partial charge < -0.3 is 10.1 Å². The van der Waals surface area contributed by atoms with E-state index in [-0.39, 0.29) is 11.5 Å². The van der Waals surface area contributed by atoms with Crippen molar-refractivity contribution < 1.29 is 4.74 Å². The number of thiophene rings is 1. The molecule has 0 amide bonds. The first-order valence-electron chi connectivity index (χ1n) is 5.45. The average Bonchev–Trinajstić information content (AvgIpc) is 2.49. The molecule has 2 heterocycles. The van der Waals surface area contributed by atoms with Gasteiger partial charge in [0.15, 0.2) is 0 Å². The lowest BCUT2D eigenvalue weighted by atomic mass is 9.95. The third-order valence-corrected chi connectivity index (χ3v) is 3.78. The Morgan fingerprint density at radius 1 is 1.47 bits per heavy atom. The van der Waals surface area contributed by atoms with Gasteiger partial charge in [0, 0.05) is 28.3 Å². The Morgan fingerprint density at radius 2 is 2.27 bits per heavy atom. The lowest BCUT2D eigenvalue weighted by molar-refractivity contribution is 0.0279. The summed E-state index contributed by atoms with van der Waals surface area (Å²) in [4.78, 5) is 2.70. The molecule has 1 N–H and O–H groups in total. The van der Waals surface area contributed by atoms with E-state index in [9.17, 15) is 0 Å². The molecule has 0 aliphatic carbocycles. The van der Waals surface area contributed by atoms with Crippen LogP contribution in [0.1, 0.15) is 29.7 Å². The fourth-order valence-electron chi connectivity index (χ4n) is 1.79. The summed E-state index contributed by atoms with van der Waals surface area (Å²) in [5.74, 6) is 0. The largest absolute Gasteiger partial charge is 0.371 e. The van der Waals surface area contributed by atoms with Gasteiger partial charge in [0.25, 0.3) is 0 Å². The van der Waals surface area contributed by atoms with Crippen molar-refractivity contribution in [2.75, 3.05) is 19.7 Å². The lowest BCUT2D eigenvalue weighted by Crippen LogP contribution is -2.29. The molecular formula is C12H19NOS. The molecule has 1 aliphatic rings. The normalized spacial score (nSPS) is 26.2. The Bertz CT molecular complexity index is 332. The van der Waals surface area contributed by atoms with Crippen molar-refractivity contribution in [1.82, 2.24) is 5.32 Å². The second-order valence-corrected chi connectivity index (χ2v) is 6.36. The Morgan fingerprint density at radius 3 is 2.93 bits per heavy atom. The van der Waals surface area contributed by atoms with Crippen LogP contribution in [-0.4, -0.2) is 19.7 Å². The van der Waals surface area contributed by atoms with E-state index in [0.29, 0.717) is 0 Å². The van der Waals surface area contributed by atoms with Crippen molar-refractivity contribution in [1.29, 1.82) is 0 Å². The first-order chi connectivity index (χ1) is 7.07. The van der Waals surface area contributed by atoms with Crippen LogP contribution in [0.2, 0.25) is 0 Å². The van der Waals surface area contributed by atoms with Crippen molar-refractivity contribution in [3.05, 3.63) is 21.9 Å². The van der Waals surface area contributed by atoms with Crippen LogP contribution >= 0.6 is 11.3 Å². The molecule has 3 heteroatoms. The van der Waals surface area contributed by atoms with Crippen LogP contribution in [0.15, 0.2) is 12.1 Å². The number of hydrogen-bond acceptors (Lipinski definition) is 3. The van der Waals surface area contributed by atoms with Gasteiger partial charge in [0.05, 0.1) is 6.61 Å². The monoisotopic (exact) mass is 225 g/mol. The van der Waals surface area contributed by atoms with Gasteiger partial charge in [-0.05, 0) is 19.1 Å². The third-order valence-electron chi connectivity index (χ3n) is 2.69. The minimum atomic E-state index is 0.241. The molecular weight excluding hydrogens is 206 g/mol. The van der Waals surface area contributed by atoms with Gasteiger partial charge in [-0.25, -0.2) is 0 Å². The minimum Gasteiger partial charge on any atom is -0.371 e. The van der Waals surface area contributed by atoms with Crippen LogP contribution in [0.5, 0.6) is 0 Å². The quantitative estimate of drug-likeness (QED) is 0.793. The molecule has 15 heavy (non-hydrogen) atoms. The van der Waals surface area contributed by atoms with Crippen molar-refractivity contribution in [3.8, 4) is 0 Å². The second-order valence-electron chi connectivity index (χ2n) is 5.04. The van der Waals surface area contributed by atoms with E-state index in [1.807, 2.05) is 11.3 Å². The van der Waals surface area contributed by atoms with E-state index >= 15 is 0 Å². The van der Waals surface area contributed by atoms with Gasteiger partial charge in [0.1, 0.15) is 6.10 Å². The maximum Gasteiger partial charge on any atom is 0.104 e. The van der Waals surface area contributed by atoms with Gasteiger partial charge in [-0.1, -0.05) is 13.8 Å². The van der Waals surface area contributed by atoms with Crippen LogP contribution in [0.4, 0.5) is 0 Å². The van der Waals surface area contributed by atoms with E-state index < -0.39 is 0 Å². The Kier molecular flexibility index (Phi) is 3.14. The van der Waals surface area contributed by atoms with Gasteiger partial charge in [-0.3, -0.25) is 0 Å². The fraction of sp³-hybridized carbons (Fsp3) is 0.667. The molecule has 0 radical (unpaired) electrons. The highest BCUT2D eigenvalue weighted by Gasteiger charge is 2.25. The zero-order valence-electron chi connectivity index (χ0n) is 9.67. The fourth-order valence-corrected chi connectivity index (χ4v) is 2.71. The molecule has 1 aromatic rings. The number of aryl methyl sites for hydroxylation is 1. The molecule has 2 rings (SSSR count). The molecule has 1 unspecified atom stereocenters. The SMILES string of the molecule is Cc1ccc(C2CNCC(C)(C)CO2)s1. The van der Waals surface area contributed by atoms with E-state index in [0.717, 1.165) is 19.7 Å². The molecule has 1 aliphatic heterocycles.